The highest BCUT2D eigenvalue weighted by atomic mass is 32.1. The van der Waals surface area contributed by atoms with E-state index < -0.39 is 48.2 Å². The van der Waals surface area contributed by atoms with Crippen LogP contribution in [-0.2, 0) is 25.6 Å². The maximum atomic E-state index is 13.4. The molecule has 0 saturated heterocycles. The van der Waals surface area contributed by atoms with Crippen LogP contribution in [0, 0.1) is 11.8 Å². The fourth-order valence-corrected chi connectivity index (χ4v) is 5.14. The molecule has 2 aromatic rings. The second-order valence-corrected chi connectivity index (χ2v) is 11.9. The molecule has 2 rings (SSSR count). The van der Waals surface area contributed by atoms with Crippen LogP contribution in [0.15, 0.2) is 47.8 Å². The van der Waals surface area contributed by atoms with Crippen molar-refractivity contribution in [3.8, 4) is 0 Å². The molecular formula is C31H47N5O7S. The van der Waals surface area contributed by atoms with Gasteiger partial charge in [0.25, 0.3) is 5.91 Å². The zero-order chi connectivity index (χ0) is 32.6. The molecule has 0 aliphatic rings. The Kier molecular flexibility index (Phi) is 15.7. The summed E-state index contributed by atoms with van der Waals surface area (Å²) >= 11 is 1.52. The normalized spacial score (nSPS) is 14.0. The molecule has 0 saturated carbocycles. The van der Waals surface area contributed by atoms with Crippen molar-refractivity contribution in [2.24, 2.45) is 11.8 Å². The van der Waals surface area contributed by atoms with Crippen molar-refractivity contribution in [2.45, 2.75) is 78.7 Å². The first-order chi connectivity index (χ1) is 21.0. The Balaban J connectivity index is 2.23. The van der Waals surface area contributed by atoms with Gasteiger partial charge in [0.1, 0.15) is 12.1 Å². The van der Waals surface area contributed by atoms with E-state index in [1.54, 1.807) is 44.8 Å². The van der Waals surface area contributed by atoms with E-state index in [4.69, 9.17) is 9.47 Å². The Morgan fingerprint density at radius 3 is 1.89 bits per heavy atom. The molecule has 4 unspecified atom stereocenters. The number of rotatable bonds is 17. The number of hydrogen-bond donors (Lipinski definition) is 5. The number of carbonyl (C=O) groups is 4. The fourth-order valence-electron chi connectivity index (χ4n) is 4.42. The molecule has 1 heterocycles. The molecule has 5 N–H and O–H groups in total. The van der Waals surface area contributed by atoms with E-state index in [1.807, 2.05) is 49.6 Å². The summed E-state index contributed by atoms with van der Waals surface area (Å²) in [6.45, 7) is 11.5. The Morgan fingerprint density at radius 1 is 0.818 bits per heavy atom. The number of benzene rings is 1. The van der Waals surface area contributed by atoms with E-state index in [1.165, 1.54) is 11.3 Å². The van der Waals surface area contributed by atoms with Crippen LogP contribution in [0.1, 0.15) is 64.4 Å². The molecule has 4 atom stereocenters. The minimum absolute atomic E-state index is 0.166. The quantitative estimate of drug-likeness (QED) is 0.165. The highest BCUT2D eigenvalue weighted by Crippen LogP contribution is 2.21. The van der Waals surface area contributed by atoms with Crippen LogP contribution in [0.2, 0.25) is 0 Å². The van der Waals surface area contributed by atoms with E-state index in [-0.39, 0.29) is 38.0 Å². The first-order valence-electron chi connectivity index (χ1n) is 14.9. The van der Waals surface area contributed by atoms with Gasteiger partial charge in [0.05, 0.1) is 31.9 Å². The molecule has 0 bridgehead atoms. The maximum Gasteiger partial charge on any atom is 0.407 e. The number of aliphatic hydroxyl groups is 1. The van der Waals surface area contributed by atoms with Crippen LogP contribution < -0.4 is 21.4 Å². The van der Waals surface area contributed by atoms with Crippen LogP contribution >= 0.6 is 11.3 Å². The predicted octanol–water partition coefficient (Wildman–Crippen LogP) is 3.73. The molecule has 0 radical (unpaired) electrons. The van der Waals surface area contributed by atoms with Crippen LogP contribution in [0.25, 0.3) is 0 Å². The van der Waals surface area contributed by atoms with Gasteiger partial charge in [-0.25, -0.2) is 14.6 Å². The van der Waals surface area contributed by atoms with Gasteiger partial charge in [0, 0.05) is 11.4 Å². The smallest absolute Gasteiger partial charge is 0.407 e. The van der Waals surface area contributed by atoms with Crippen molar-refractivity contribution in [3.63, 3.8) is 0 Å². The van der Waals surface area contributed by atoms with Crippen LogP contribution in [-0.4, -0.2) is 72.1 Å². The first kappa shape index (κ1) is 36.5. The van der Waals surface area contributed by atoms with Gasteiger partial charge in [-0.05, 0) is 49.1 Å². The number of thiophene rings is 1. The lowest BCUT2D eigenvalue weighted by Gasteiger charge is -2.31. The molecule has 0 fully saturated rings. The van der Waals surface area contributed by atoms with E-state index in [0.717, 1.165) is 4.88 Å². The van der Waals surface area contributed by atoms with Gasteiger partial charge in [-0.3, -0.25) is 15.0 Å². The summed E-state index contributed by atoms with van der Waals surface area (Å²) in [7, 11) is 0. The van der Waals surface area contributed by atoms with Crippen molar-refractivity contribution in [1.29, 1.82) is 0 Å². The Bertz CT molecular complexity index is 1160. The zero-order valence-corrected chi connectivity index (χ0v) is 27.2. The van der Waals surface area contributed by atoms with E-state index in [9.17, 15) is 24.3 Å². The second kappa shape index (κ2) is 18.9. The summed E-state index contributed by atoms with van der Waals surface area (Å²) in [5.74, 6) is -1.35. The van der Waals surface area contributed by atoms with Crippen molar-refractivity contribution in [1.82, 2.24) is 26.4 Å². The zero-order valence-electron chi connectivity index (χ0n) is 26.4. The molecule has 244 valence electrons. The van der Waals surface area contributed by atoms with Gasteiger partial charge in [0.2, 0.25) is 5.91 Å². The number of nitrogens with one attached hydrogen (secondary N) is 4. The van der Waals surface area contributed by atoms with Crippen molar-refractivity contribution >= 4 is 35.3 Å². The molecule has 0 spiro atoms. The number of hydrazine groups is 1. The minimum atomic E-state index is -1.06. The van der Waals surface area contributed by atoms with E-state index in [0.29, 0.717) is 12.1 Å². The number of carbonyl (C=O) groups excluding carboxylic acids is 4. The largest absolute Gasteiger partial charge is 0.450 e. The summed E-state index contributed by atoms with van der Waals surface area (Å²) in [5.41, 5.74) is 3.58. The second-order valence-electron chi connectivity index (χ2n) is 10.9. The summed E-state index contributed by atoms with van der Waals surface area (Å²) in [6.07, 6.45) is -2.27. The Morgan fingerprint density at radius 2 is 1.39 bits per heavy atom. The Labute approximate surface area is 263 Å². The highest BCUT2D eigenvalue weighted by Gasteiger charge is 2.31. The van der Waals surface area contributed by atoms with Gasteiger partial charge in [-0.15, -0.1) is 11.3 Å². The lowest BCUT2D eigenvalue weighted by atomic mass is 9.97. The molecule has 12 nitrogen and oxygen atoms in total. The fraction of sp³-hybridized carbons (Fsp3) is 0.548. The van der Waals surface area contributed by atoms with Crippen molar-refractivity contribution in [3.05, 3.63) is 58.3 Å². The SMILES string of the molecule is CCOC(=O)NC(C(=O)NC(c1ccccc1)C(O)CCN(Cc1cccs1)NC(=O)C(NC(=O)OCC)C(C)C)C(C)C. The lowest BCUT2D eigenvalue weighted by Crippen LogP contribution is -2.55. The van der Waals surface area contributed by atoms with Gasteiger partial charge in [-0.1, -0.05) is 64.1 Å². The van der Waals surface area contributed by atoms with Gasteiger partial charge in [-0.2, -0.15) is 0 Å². The summed E-state index contributed by atoms with van der Waals surface area (Å²) in [6, 6.07) is 10.4. The van der Waals surface area contributed by atoms with Crippen LogP contribution in [0.5, 0.6) is 0 Å². The van der Waals surface area contributed by atoms with Gasteiger partial charge in [0.15, 0.2) is 0 Å². The average Bonchev–Trinajstić information content (AvgIpc) is 3.49. The number of ether oxygens (including phenoxy) is 2. The van der Waals surface area contributed by atoms with Crippen molar-refractivity contribution < 1.29 is 33.8 Å². The monoisotopic (exact) mass is 633 g/mol. The van der Waals surface area contributed by atoms with Gasteiger partial charge < -0.3 is 30.5 Å². The number of hydrogen-bond acceptors (Lipinski definition) is 9. The number of aliphatic hydroxyl groups excluding tert-OH is 1. The molecular weight excluding hydrogens is 586 g/mol. The molecule has 1 aromatic carbocycles. The maximum absolute atomic E-state index is 13.4. The van der Waals surface area contributed by atoms with Crippen LogP contribution in [0.3, 0.4) is 0 Å². The number of amides is 4. The van der Waals surface area contributed by atoms with Gasteiger partial charge >= 0.3 is 12.2 Å². The highest BCUT2D eigenvalue weighted by molar-refractivity contribution is 7.09. The minimum Gasteiger partial charge on any atom is -0.450 e. The molecule has 13 heteroatoms. The Hall–Kier alpha value is -3.68. The summed E-state index contributed by atoms with van der Waals surface area (Å²) in [4.78, 5) is 51.8. The average molecular weight is 634 g/mol. The first-order valence-corrected chi connectivity index (χ1v) is 15.8. The summed E-state index contributed by atoms with van der Waals surface area (Å²) in [5, 5.41) is 23.2. The third-order valence-corrected chi connectivity index (χ3v) is 7.59. The van der Waals surface area contributed by atoms with Crippen LogP contribution in [0.4, 0.5) is 9.59 Å². The number of alkyl carbamates (subject to hydrolysis) is 2. The lowest BCUT2D eigenvalue weighted by molar-refractivity contribution is -0.129. The summed E-state index contributed by atoms with van der Waals surface area (Å²) < 4.78 is 9.93. The predicted molar refractivity (Wildman–Crippen MR) is 168 cm³/mol. The third-order valence-electron chi connectivity index (χ3n) is 6.73. The molecule has 1 aromatic heterocycles. The standard InChI is InChI=1S/C31H47N5O7S/c1-7-42-30(40)33-25(20(3)4)28(38)32-27(22-13-10-9-11-14-22)24(37)16-17-36(19-23-15-12-18-44-23)35-29(39)26(21(5)6)34-31(41)43-8-2/h9-15,18,20-21,24-27,37H,7-8,16-17,19H2,1-6H3,(H,32,38)(H,33,40)(H,34,41)(H,35,39). The third kappa shape index (κ3) is 12.1. The van der Waals surface area contributed by atoms with E-state index in [2.05, 4.69) is 21.4 Å². The van der Waals surface area contributed by atoms with Crippen molar-refractivity contribution in [2.75, 3.05) is 19.8 Å². The molecule has 44 heavy (non-hydrogen) atoms. The molecule has 0 aliphatic carbocycles. The molecule has 0 aliphatic heterocycles. The number of nitrogens with zero attached hydrogens (tertiary/aromatic N) is 1. The molecule has 4 amide bonds. The topological polar surface area (TPSA) is 158 Å². The van der Waals surface area contributed by atoms with E-state index >= 15 is 0 Å².